The van der Waals surface area contributed by atoms with Crippen LogP contribution in [0.25, 0.3) is 10.9 Å². The third-order valence-corrected chi connectivity index (χ3v) is 4.13. The molecule has 0 saturated heterocycles. The lowest BCUT2D eigenvalue weighted by Gasteiger charge is -2.21. The Morgan fingerprint density at radius 2 is 2.00 bits per heavy atom. The first-order valence-electron chi connectivity index (χ1n) is 8.12. The molecule has 0 aliphatic carbocycles. The maximum Gasteiger partial charge on any atom is 0.299 e. The van der Waals surface area contributed by atoms with E-state index in [1.54, 1.807) is 6.92 Å². The highest BCUT2D eigenvalue weighted by atomic mass is 16.6. The van der Waals surface area contributed by atoms with E-state index in [-0.39, 0.29) is 17.7 Å². The number of fused-ring (bicyclic) bond motifs is 1. The summed E-state index contributed by atoms with van der Waals surface area (Å²) in [5.41, 5.74) is 2.80. The Labute approximate surface area is 145 Å². The fourth-order valence-electron chi connectivity index (χ4n) is 2.94. The van der Waals surface area contributed by atoms with Gasteiger partial charge >= 0.3 is 0 Å². The summed E-state index contributed by atoms with van der Waals surface area (Å²) in [5.74, 6) is 0.131. The summed E-state index contributed by atoms with van der Waals surface area (Å²) in [4.78, 5) is 14.0. The minimum atomic E-state index is -0.394. The average molecular weight is 340 g/mol. The van der Waals surface area contributed by atoms with Gasteiger partial charge in [0.25, 0.3) is 5.69 Å². The van der Waals surface area contributed by atoms with Crippen molar-refractivity contribution < 1.29 is 9.66 Å². The topological polar surface area (TPSA) is 93.9 Å². The normalized spacial score (nSPS) is 12.6. The van der Waals surface area contributed by atoms with Gasteiger partial charge in [0.1, 0.15) is 11.8 Å². The van der Waals surface area contributed by atoms with E-state index in [0.29, 0.717) is 28.9 Å². The highest BCUT2D eigenvalue weighted by molar-refractivity contribution is 5.91. The van der Waals surface area contributed by atoms with Crippen molar-refractivity contribution in [3.8, 4) is 0 Å². The van der Waals surface area contributed by atoms with Crippen molar-refractivity contribution in [3.05, 3.63) is 63.6 Å². The van der Waals surface area contributed by atoms with E-state index in [2.05, 4.69) is 15.2 Å². The third kappa shape index (κ3) is 3.36. The molecule has 25 heavy (non-hydrogen) atoms. The maximum absolute atomic E-state index is 11.3. The Hall–Kier alpha value is -2.80. The van der Waals surface area contributed by atoms with Crippen LogP contribution in [0.2, 0.25) is 0 Å². The Bertz CT molecular complexity index is 890. The Kier molecular flexibility index (Phi) is 4.76. The summed E-state index contributed by atoms with van der Waals surface area (Å²) < 4.78 is 6.10. The molecule has 1 N–H and O–H groups in total. The van der Waals surface area contributed by atoms with Crippen LogP contribution in [-0.2, 0) is 11.3 Å². The van der Waals surface area contributed by atoms with Crippen molar-refractivity contribution >= 4 is 16.6 Å². The largest absolute Gasteiger partial charge is 0.367 e. The van der Waals surface area contributed by atoms with E-state index in [1.165, 1.54) is 6.20 Å². The van der Waals surface area contributed by atoms with E-state index in [0.717, 1.165) is 5.56 Å². The van der Waals surface area contributed by atoms with Gasteiger partial charge in [0.2, 0.25) is 0 Å². The molecule has 0 aliphatic rings. The second-order valence-corrected chi connectivity index (χ2v) is 6.34. The molecule has 3 rings (SSSR count). The Morgan fingerprint density at radius 3 is 2.64 bits per heavy atom. The highest BCUT2D eigenvalue weighted by Gasteiger charge is 2.27. The summed E-state index contributed by atoms with van der Waals surface area (Å²) >= 11 is 0. The first kappa shape index (κ1) is 17.0. The predicted molar refractivity (Wildman–Crippen MR) is 94.1 cm³/mol. The van der Waals surface area contributed by atoms with Gasteiger partial charge in [0.15, 0.2) is 0 Å². The standard InChI is InChI=1S/C18H20N4O3/c1-11(2)18(25-10-13-7-5-4-6-8-13)16-15-14(9-19-21-16)17(22(23)24)12(3)20-15/h4-9,11,18,20H,10H2,1-3H3. The number of aromatic nitrogens is 3. The minimum absolute atomic E-state index is 0.0386. The number of hydrogen-bond acceptors (Lipinski definition) is 5. The van der Waals surface area contributed by atoms with Crippen molar-refractivity contribution in [2.24, 2.45) is 5.92 Å². The minimum Gasteiger partial charge on any atom is -0.367 e. The monoisotopic (exact) mass is 340 g/mol. The summed E-state index contributed by atoms with van der Waals surface area (Å²) in [6.07, 6.45) is 1.10. The van der Waals surface area contributed by atoms with Crippen molar-refractivity contribution in [2.75, 3.05) is 0 Å². The molecule has 3 aromatic rings. The van der Waals surface area contributed by atoms with Gasteiger partial charge in [0, 0.05) is 0 Å². The van der Waals surface area contributed by atoms with Gasteiger partial charge in [-0.15, -0.1) is 0 Å². The maximum atomic E-state index is 11.3. The number of aryl methyl sites for hydroxylation is 1. The highest BCUT2D eigenvalue weighted by Crippen LogP contribution is 2.35. The number of nitro groups is 1. The van der Waals surface area contributed by atoms with Gasteiger partial charge in [-0.1, -0.05) is 44.2 Å². The molecule has 2 aromatic heterocycles. The Balaban J connectivity index is 1.99. The van der Waals surface area contributed by atoms with Crippen LogP contribution in [0.3, 0.4) is 0 Å². The molecule has 7 heteroatoms. The van der Waals surface area contributed by atoms with Crippen molar-refractivity contribution in [1.82, 2.24) is 15.2 Å². The third-order valence-electron chi connectivity index (χ3n) is 4.13. The van der Waals surface area contributed by atoms with Crippen molar-refractivity contribution in [2.45, 2.75) is 33.5 Å². The van der Waals surface area contributed by atoms with E-state index in [9.17, 15) is 10.1 Å². The first-order chi connectivity index (χ1) is 12.0. The number of H-pyrrole nitrogens is 1. The molecule has 0 amide bonds. The van der Waals surface area contributed by atoms with Crippen LogP contribution in [-0.4, -0.2) is 20.1 Å². The molecule has 0 radical (unpaired) electrons. The van der Waals surface area contributed by atoms with Gasteiger partial charge in [-0.2, -0.15) is 10.2 Å². The second-order valence-electron chi connectivity index (χ2n) is 6.34. The average Bonchev–Trinajstić information content (AvgIpc) is 2.92. The summed E-state index contributed by atoms with van der Waals surface area (Å²) in [6.45, 7) is 6.17. The molecular formula is C18H20N4O3. The number of nitrogens with zero attached hydrogens (tertiary/aromatic N) is 3. The fourth-order valence-corrected chi connectivity index (χ4v) is 2.94. The van der Waals surface area contributed by atoms with E-state index < -0.39 is 4.92 Å². The lowest BCUT2D eigenvalue weighted by molar-refractivity contribution is -0.383. The predicted octanol–water partition coefficient (Wildman–Crippen LogP) is 4.09. The summed E-state index contributed by atoms with van der Waals surface area (Å²) in [6, 6.07) is 9.86. The van der Waals surface area contributed by atoms with Gasteiger partial charge in [-0.3, -0.25) is 10.1 Å². The molecule has 0 aliphatic heterocycles. The number of aromatic amines is 1. The number of nitrogens with one attached hydrogen (secondary N) is 1. The summed E-state index contributed by atoms with van der Waals surface area (Å²) in [7, 11) is 0. The molecule has 1 unspecified atom stereocenters. The van der Waals surface area contributed by atoms with Crippen LogP contribution in [0.5, 0.6) is 0 Å². The van der Waals surface area contributed by atoms with Gasteiger partial charge in [-0.05, 0) is 18.4 Å². The molecule has 130 valence electrons. The Morgan fingerprint density at radius 1 is 1.28 bits per heavy atom. The number of ether oxygens (including phenoxy) is 1. The van der Waals surface area contributed by atoms with E-state index in [4.69, 9.17) is 4.74 Å². The van der Waals surface area contributed by atoms with Crippen molar-refractivity contribution in [3.63, 3.8) is 0 Å². The lowest BCUT2D eigenvalue weighted by Crippen LogP contribution is -2.14. The first-order valence-corrected chi connectivity index (χ1v) is 8.12. The number of rotatable bonds is 6. The zero-order valence-electron chi connectivity index (χ0n) is 14.4. The molecule has 1 atom stereocenters. The zero-order valence-corrected chi connectivity index (χ0v) is 14.4. The van der Waals surface area contributed by atoms with Crippen LogP contribution in [0.1, 0.15) is 36.9 Å². The molecule has 0 spiro atoms. The molecule has 1 aromatic carbocycles. The van der Waals surface area contributed by atoms with Crippen LogP contribution in [0.15, 0.2) is 36.5 Å². The number of hydrogen-bond donors (Lipinski definition) is 1. The second kappa shape index (κ2) is 6.98. The lowest BCUT2D eigenvalue weighted by atomic mass is 10.0. The molecule has 2 heterocycles. The van der Waals surface area contributed by atoms with Gasteiger partial charge in [-0.25, -0.2) is 0 Å². The number of benzene rings is 1. The van der Waals surface area contributed by atoms with E-state index in [1.807, 2.05) is 44.2 Å². The molecule has 0 bridgehead atoms. The van der Waals surface area contributed by atoms with Crippen LogP contribution < -0.4 is 0 Å². The molecule has 0 fully saturated rings. The van der Waals surface area contributed by atoms with Crippen molar-refractivity contribution in [1.29, 1.82) is 0 Å². The van der Waals surface area contributed by atoms with E-state index >= 15 is 0 Å². The molecule has 7 nitrogen and oxygen atoms in total. The fraction of sp³-hybridized carbons (Fsp3) is 0.333. The van der Waals surface area contributed by atoms with Gasteiger partial charge in [0.05, 0.1) is 34.3 Å². The van der Waals surface area contributed by atoms with Crippen LogP contribution in [0.4, 0.5) is 5.69 Å². The molecule has 0 saturated carbocycles. The van der Waals surface area contributed by atoms with Gasteiger partial charge < -0.3 is 9.72 Å². The van der Waals surface area contributed by atoms with Crippen LogP contribution >= 0.6 is 0 Å². The quantitative estimate of drug-likeness (QED) is 0.539. The SMILES string of the molecule is Cc1[nH]c2c(C(OCc3ccccc3)C(C)C)nncc2c1[N+](=O)[O-]. The summed E-state index contributed by atoms with van der Waals surface area (Å²) in [5, 5.41) is 20.0. The zero-order chi connectivity index (χ0) is 18.0. The molecular weight excluding hydrogens is 320 g/mol. The van der Waals surface area contributed by atoms with Crippen LogP contribution in [0, 0.1) is 23.0 Å². The smallest absolute Gasteiger partial charge is 0.299 e.